The number of benzene rings is 1. The number of aromatic amines is 1. The predicted octanol–water partition coefficient (Wildman–Crippen LogP) is 3.61. The van der Waals surface area contributed by atoms with Crippen LogP contribution in [-0.4, -0.2) is 23.2 Å². The van der Waals surface area contributed by atoms with Gasteiger partial charge in [-0.3, -0.25) is 0 Å². The lowest BCUT2D eigenvalue weighted by atomic mass is 10.3. The minimum atomic E-state index is -0.616. The Labute approximate surface area is 86.8 Å². The van der Waals surface area contributed by atoms with Gasteiger partial charge in [-0.2, -0.15) is 0 Å². The van der Waals surface area contributed by atoms with Crippen molar-refractivity contribution in [2.45, 2.75) is 11.9 Å². The summed E-state index contributed by atoms with van der Waals surface area (Å²) in [5.41, 5.74) is 1.26. The van der Waals surface area contributed by atoms with E-state index in [1.807, 2.05) is 0 Å². The van der Waals surface area contributed by atoms with Crippen molar-refractivity contribution in [3.63, 3.8) is 0 Å². The second-order valence-electron chi connectivity index (χ2n) is 4.05. The van der Waals surface area contributed by atoms with Crippen LogP contribution in [0.2, 0.25) is 0 Å². The highest BCUT2D eigenvalue weighted by Crippen LogP contribution is 2.48. The molecule has 0 unspecified atom stereocenters. The summed E-state index contributed by atoms with van der Waals surface area (Å²) in [5.74, 6) is 1.24. The van der Waals surface area contributed by atoms with E-state index in [1.165, 1.54) is 21.7 Å². The third-order valence-corrected chi connectivity index (χ3v) is 5.68. The van der Waals surface area contributed by atoms with Crippen LogP contribution in [0.3, 0.4) is 0 Å². The number of nitrogens with one attached hydrogen (secondary N) is 1. The van der Waals surface area contributed by atoms with E-state index in [1.54, 1.807) is 0 Å². The van der Waals surface area contributed by atoms with E-state index in [2.05, 4.69) is 54.8 Å². The lowest BCUT2D eigenvalue weighted by molar-refractivity contribution is 1.21. The normalized spacial score (nSPS) is 13.4. The molecule has 2 rings (SSSR count). The monoisotopic (exact) mass is 207 g/mol. The molecule has 1 aromatic heterocycles. The van der Waals surface area contributed by atoms with Crippen LogP contribution in [0.4, 0.5) is 0 Å². The van der Waals surface area contributed by atoms with Crippen LogP contribution in [0.25, 0.3) is 10.9 Å². The van der Waals surface area contributed by atoms with Crippen LogP contribution in [-0.2, 0) is 0 Å². The number of para-hydroxylation sites is 1. The fourth-order valence-corrected chi connectivity index (χ4v) is 2.64. The largest absolute Gasteiger partial charge is 0.351 e. The summed E-state index contributed by atoms with van der Waals surface area (Å²) in [7, 11) is -0.616. The highest BCUT2D eigenvalue weighted by molar-refractivity contribution is 8.32. The molecule has 14 heavy (non-hydrogen) atoms. The van der Waals surface area contributed by atoms with Crippen LogP contribution in [0.15, 0.2) is 35.4 Å². The molecule has 0 aliphatic rings. The maximum Gasteiger partial charge on any atom is 0.0554 e. The van der Waals surface area contributed by atoms with Gasteiger partial charge in [0, 0.05) is 10.9 Å². The number of H-pyrrole nitrogens is 1. The zero-order chi connectivity index (χ0) is 10.2. The molecule has 0 atom stereocenters. The third-order valence-electron chi connectivity index (χ3n) is 2.82. The zero-order valence-electron chi connectivity index (χ0n) is 9.00. The predicted molar refractivity (Wildman–Crippen MR) is 66.5 cm³/mol. The molecular formula is C12H17NS. The average Bonchev–Trinajstić information content (AvgIpc) is 2.61. The van der Waals surface area contributed by atoms with Gasteiger partial charge in [0.2, 0.25) is 0 Å². The Balaban J connectivity index is 2.55. The Kier molecular flexibility index (Phi) is 2.31. The Morgan fingerprint density at radius 1 is 1.21 bits per heavy atom. The van der Waals surface area contributed by atoms with Gasteiger partial charge < -0.3 is 4.98 Å². The molecule has 2 heteroatoms. The third kappa shape index (κ3) is 1.55. The number of aromatic nitrogens is 1. The minimum absolute atomic E-state index is 0.616. The van der Waals surface area contributed by atoms with Crippen molar-refractivity contribution in [2.75, 3.05) is 18.3 Å². The molecule has 0 radical (unpaired) electrons. The first-order valence-electron chi connectivity index (χ1n) is 4.92. The minimum Gasteiger partial charge on any atom is -0.351 e. The van der Waals surface area contributed by atoms with Gasteiger partial charge >= 0.3 is 0 Å². The summed E-state index contributed by atoms with van der Waals surface area (Å²) in [6, 6.07) is 10.8. The first-order valence-corrected chi connectivity index (χ1v) is 7.54. The standard InChI is InChI=1S/C12H17NS/c1-4-14(2,3)12-9-10-7-5-6-8-11(10)13-12/h5-9,13H,4H2,1-3H3. The van der Waals surface area contributed by atoms with E-state index in [0.29, 0.717) is 0 Å². The van der Waals surface area contributed by atoms with Gasteiger partial charge in [-0.25, -0.2) is 10.0 Å². The Bertz CT molecular complexity index is 409. The van der Waals surface area contributed by atoms with E-state index < -0.39 is 10.0 Å². The van der Waals surface area contributed by atoms with Crippen molar-refractivity contribution < 1.29 is 0 Å². The second-order valence-corrected chi connectivity index (χ2v) is 8.14. The summed E-state index contributed by atoms with van der Waals surface area (Å²) >= 11 is 0. The molecule has 2 aromatic rings. The summed E-state index contributed by atoms with van der Waals surface area (Å²) < 4.78 is 0. The molecule has 76 valence electrons. The van der Waals surface area contributed by atoms with E-state index in [4.69, 9.17) is 0 Å². The van der Waals surface area contributed by atoms with E-state index in [-0.39, 0.29) is 0 Å². The van der Waals surface area contributed by atoms with E-state index >= 15 is 0 Å². The van der Waals surface area contributed by atoms with Gasteiger partial charge in [0.15, 0.2) is 0 Å². The molecular weight excluding hydrogens is 190 g/mol. The number of fused-ring (bicyclic) bond motifs is 1. The van der Waals surface area contributed by atoms with Gasteiger partial charge in [0.25, 0.3) is 0 Å². The Morgan fingerprint density at radius 2 is 1.93 bits per heavy atom. The van der Waals surface area contributed by atoms with Gasteiger partial charge in [-0.05, 0) is 30.4 Å². The highest BCUT2D eigenvalue weighted by atomic mass is 32.3. The van der Waals surface area contributed by atoms with Gasteiger partial charge in [0.05, 0.1) is 5.03 Å². The maximum absolute atomic E-state index is 3.52. The number of rotatable bonds is 2. The smallest absolute Gasteiger partial charge is 0.0554 e. The van der Waals surface area contributed by atoms with Gasteiger partial charge in [-0.15, -0.1) is 0 Å². The van der Waals surface area contributed by atoms with Gasteiger partial charge in [-0.1, -0.05) is 25.1 Å². The van der Waals surface area contributed by atoms with E-state index in [0.717, 1.165) is 0 Å². The summed E-state index contributed by atoms with van der Waals surface area (Å²) in [6.45, 7) is 2.26. The zero-order valence-corrected chi connectivity index (χ0v) is 9.82. The molecule has 1 heterocycles. The highest BCUT2D eigenvalue weighted by Gasteiger charge is 2.14. The lowest BCUT2D eigenvalue weighted by Crippen LogP contribution is -1.98. The topological polar surface area (TPSA) is 15.8 Å². The SMILES string of the molecule is CCS(C)(C)c1cc2ccccc2[nH]1. The van der Waals surface area contributed by atoms with Crippen molar-refractivity contribution in [3.05, 3.63) is 30.3 Å². The molecule has 0 amide bonds. The van der Waals surface area contributed by atoms with Crippen molar-refractivity contribution in [3.8, 4) is 0 Å². The fourth-order valence-electron chi connectivity index (χ4n) is 1.50. The van der Waals surface area contributed by atoms with Crippen LogP contribution >= 0.6 is 10.0 Å². The van der Waals surface area contributed by atoms with Gasteiger partial charge in [0.1, 0.15) is 0 Å². The molecule has 0 aliphatic heterocycles. The molecule has 1 aromatic carbocycles. The molecule has 1 N–H and O–H groups in total. The van der Waals surface area contributed by atoms with Crippen molar-refractivity contribution >= 4 is 20.9 Å². The van der Waals surface area contributed by atoms with Crippen molar-refractivity contribution in [2.24, 2.45) is 0 Å². The molecule has 0 spiro atoms. The molecule has 0 saturated carbocycles. The second kappa shape index (κ2) is 3.35. The maximum atomic E-state index is 3.52. The first-order chi connectivity index (χ1) is 6.63. The summed E-state index contributed by atoms with van der Waals surface area (Å²) in [6.07, 6.45) is 4.72. The van der Waals surface area contributed by atoms with Crippen molar-refractivity contribution in [1.82, 2.24) is 4.98 Å². The molecule has 0 fully saturated rings. The Hall–Kier alpha value is -0.890. The summed E-state index contributed by atoms with van der Waals surface area (Å²) in [5, 5.41) is 2.75. The number of hydrogen-bond acceptors (Lipinski definition) is 0. The molecule has 1 nitrogen and oxygen atoms in total. The quantitative estimate of drug-likeness (QED) is 0.774. The average molecular weight is 207 g/mol. The fraction of sp³-hybridized carbons (Fsp3) is 0.333. The van der Waals surface area contributed by atoms with Crippen LogP contribution in [0.5, 0.6) is 0 Å². The van der Waals surface area contributed by atoms with Crippen LogP contribution < -0.4 is 0 Å². The van der Waals surface area contributed by atoms with Crippen molar-refractivity contribution in [1.29, 1.82) is 0 Å². The first kappa shape index (κ1) is 9.66. The molecule has 0 saturated heterocycles. The van der Waals surface area contributed by atoms with Crippen LogP contribution in [0.1, 0.15) is 6.92 Å². The summed E-state index contributed by atoms with van der Waals surface area (Å²) in [4.78, 5) is 3.52. The van der Waals surface area contributed by atoms with E-state index in [9.17, 15) is 0 Å². The molecule has 0 aliphatic carbocycles. The lowest BCUT2D eigenvalue weighted by Gasteiger charge is -2.27. The number of hydrogen-bond donors (Lipinski definition) is 1. The molecule has 0 bridgehead atoms. The Morgan fingerprint density at radius 3 is 2.57 bits per heavy atom. The van der Waals surface area contributed by atoms with Crippen LogP contribution in [0, 0.1) is 0 Å².